The van der Waals surface area contributed by atoms with Crippen LogP contribution in [0.3, 0.4) is 0 Å². The van der Waals surface area contributed by atoms with Crippen LogP contribution in [0.15, 0.2) is 4.99 Å². The molecule has 0 spiro atoms. The summed E-state index contributed by atoms with van der Waals surface area (Å²) >= 11 is 1.83. The number of hydrogen-bond donors (Lipinski definition) is 3. The number of ether oxygens (including phenoxy) is 1. The number of thioether (sulfide) groups is 1. The molecule has 1 amide bonds. The van der Waals surface area contributed by atoms with Gasteiger partial charge in [0.25, 0.3) is 0 Å². The summed E-state index contributed by atoms with van der Waals surface area (Å²) in [6.07, 6.45) is 5.73. The molecule has 0 bridgehead atoms. The molecule has 3 N–H and O–H groups in total. The predicted molar refractivity (Wildman–Crippen MR) is 112 cm³/mol. The highest BCUT2D eigenvalue weighted by Crippen LogP contribution is 2.22. The molecular formula is C19H38N4O2S. The van der Waals surface area contributed by atoms with Gasteiger partial charge in [0.15, 0.2) is 5.96 Å². The maximum absolute atomic E-state index is 11.9. The highest BCUT2D eigenvalue weighted by atomic mass is 32.2. The molecule has 1 fully saturated rings. The van der Waals surface area contributed by atoms with E-state index < -0.39 is 5.60 Å². The number of carbonyl (C=O) groups is 1. The molecule has 1 saturated carbocycles. The molecule has 0 heterocycles. The van der Waals surface area contributed by atoms with Crippen LogP contribution in [-0.4, -0.2) is 53.8 Å². The Kier molecular flexibility index (Phi) is 9.07. The van der Waals surface area contributed by atoms with Crippen LogP contribution in [0.1, 0.15) is 67.2 Å². The zero-order chi connectivity index (χ0) is 19.8. The largest absolute Gasteiger partial charge is 0.444 e. The second-order valence-electron chi connectivity index (χ2n) is 8.50. The molecule has 0 aromatic heterocycles. The van der Waals surface area contributed by atoms with Crippen molar-refractivity contribution in [2.24, 2.45) is 4.99 Å². The molecule has 1 aliphatic rings. The molecule has 7 heteroatoms. The van der Waals surface area contributed by atoms with E-state index in [4.69, 9.17) is 9.73 Å². The number of rotatable bonds is 6. The van der Waals surface area contributed by atoms with Crippen molar-refractivity contribution in [1.29, 1.82) is 0 Å². The van der Waals surface area contributed by atoms with Crippen LogP contribution in [0, 0.1) is 0 Å². The summed E-state index contributed by atoms with van der Waals surface area (Å²) in [7, 11) is 0. The van der Waals surface area contributed by atoms with Crippen LogP contribution < -0.4 is 16.0 Å². The number of amides is 1. The maximum Gasteiger partial charge on any atom is 0.407 e. The molecule has 0 aliphatic heterocycles. The molecule has 26 heavy (non-hydrogen) atoms. The van der Waals surface area contributed by atoms with E-state index in [1.165, 1.54) is 0 Å². The average Bonchev–Trinajstić information content (AvgIpc) is 2.53. The minimum Gasteiger partial charge on any atom is -0.444 e. The zero-order valence-electron chi connectivity index (χ0n) is 17.6. The zero-order valence-corrected chi connectivity index (χ0v) is 18.4. The van der Waals surface area contributed by atoms with Crippen molar-refractivity contribution >= 4 is 23.8 Å². The first kappa shape index (κ1) is 22.9. The second-order valence-corrected chi connectivity index (χ2v) is 10.0. The van der Waals surface area contributed by atoms with Crippen LogP contribution in [-0.2, 0) is 4.74 Å². The van der Waals surface area contributed by atoms with E-state index in [9.17, 15) is 4.79 Å². The van der Waals surface area contributed by atoms with Crippen molar-refractivity contribution < 1.29 is 9.53 Å². The Balaban J connectivity index is 2.45. The van der Waals surface area contributed by atoms with Crippen molar-refractivity contribution in [3.63, 3.8) is 0 Å². The molecule has 1 aliphatic carbocycles. The first-order chi connectivity index (χ1) is 12.0. The lowest BCUT2D eigenvalue weighted by Gasteiger charge is -2.31. The number of nitrogens with one attached hydrogen (secondary N) is 3. The number of guanidine groups is 1. The Morgan fingerprint density at radius 2 is 1.62 bits per heavy atom. The van der Waals surface area contributed by atoms with E-state index >= 15 is 0 Å². The van der Waals surface area contributed by atoms with Crippen LogP contribution in [0.25, 0.3) is 0 Å². The Morgan fingerprint density at radius 3 is 2.08 bits per heavy atom. The third kappa shape index (κ3) is 9.55. The summed E-state index contributed by atoms with van der Waals surface area (Å²) in [6, 6.07) is 0.583. The molecule has 1 rings (SSSR count). The number of carbonyl (C=O) groups excluding carboxylic acids is 1. The summed E-state index contributed by atoms with van der Waals surface area (Å²) in [6.45, 7) is 13.8. The van der Waals surface area contributed by atoms with Gasteiger partial charge in [-0.15, -0.1) is 0 Å². The van der Waals surface area contributed by atoms with Crippen molar-refractivity contribution in [2.75, 3.05) is 19.3 Å². The van der Waals surface area contributed by atoms with Gasteiger partial charge in [-0.25, -0.2) is 4.79 Å². The van der Waals surface area contributed by atoms with Gasteiger partial charge in [0.2, 0.25) is 0 Å². The van der Waals surface area contributed by atoms with Crippen LogP contribution in [0.5, 0.6) is 0 Å². The van der Waals surface area contributed by atoms with E-state index in [1.54, 1.807) is 0 Å². The third-order valence-corrected chi connectivity index (χ3v) is 5.54. The summed E-state index contributed by atoms with van der Waals surface area (Å²) in [5.41, 5.74) is -0.454. The molecule has 152 valence electrons. The third-order valence-electron chi connectivity index (χ3n) is 4.30. The van der Waals surface area contributed by atoms with Crippen LogP contribution >= 0.6 is 11.8 Å². The first-order valence-corrected chi connectivity index (χ1v) is 10.9. The fourth-order valence-corrected chi connectivity index (χ4v) is 2.90. The average molecular weight is 387 g/mol. The minimum absolute atomic E-state index is 0.136. The number of hydrogen-bond acceptors (Lipinski definition) is 4. The molecule has 0 atom stereocenters. The predicted octanol–water partition coefficient (Wildman–Crippen LogP) is 3.52. The monoisotopic (exact) mass is 386 g/mol. The Labute approximate surface area is 163 Å². The number of nitrogens with zero attached hydrogens (tertiary/aromatic N) is 1. The number of alkyl carbamates (subject to hydrolysis) is 1. The normalized spacial score (nSPS) is 21.9. The number of aliphatic imine (C=N–C) groups is 1. The topological polar surface area (TPSA) is 74.8 Å². The van der Waals surface area contributed by atoms with Gasteiger partial charge in [-0.2, -0.15) is 11.8 Å². The molecule has 0 unspecified atom stereocenters. The lowest BCUT2D eigenvalue weighted by molar-refractivity contribution is 0.0490. The van der Waals surface area contributed by atoms with Gasteiger partial charge in [-0.05, 0) is 73.5 Å². The fourth-order valence-electron chi connectivity index (χ4n) is 2.70. The van der Waals surface area contributed by atoms with Gasteiger partial charge in [-0.3, -0.25) is 4.99 Å². The van der Waals surface area contributed by atoms with E-state index in [0.717, 1.165) is 44.7 Å². The van der Waals surface area contributed by atoms with E-state index in [-0.39, 0.29) is 16.9 Å². The second kappa shape index (κ2) is 10.3. The molecule has 0 radical (unpaired) electrons. The molecule has 0 saturated heterocycles. The van der Waals surface area contributed by atoms with Crippen molar-refractivity contribution in [1.82, 2.24) is 16.0 Å². The first-order valence-electron chi connectivity index (χ1n) is 9.64. The van der Waals surface area contributed by atoms with Gasteiger partial charge in [0.05, 0.1) is 6.54 Å². The van der Waals surface area contributed by atoms with Crippen molar-refractivity contribution in [2.45, 2.75) is 89.7 Å². The van der Waals surface area contributed by atoms with E-state index in [1.807, 2.05) is 32.5 Å². The highest BCUT2D eigenvalue weighted by molar-refractivity contribution is 7.99. The minimum atomic E-state index is -0.454. The molecule has 0 aromatic carbocycles. The Hall–Kier alpha value is -1.11. The summed E-state index contributed by atoms with van der Waals surface area (Å²) in [5.74, 6) is 0.887. The molecule has 0 aromatic rings. The Morgan fingerprint density at radius 1 is 1.08 bits per heavy atom. The van der Waals surface area contributed by atoms with Gasteiger partial charge < -0.3 is 20.7 Å². The summed E-state index contributed by atoms with van der Waals surface area (Å²) in [4.78, 5) is 16.6. The smallest absolute Gasteiger partial charge is 0.407 e. The van der Waals surface area contributed by atoms with Crippen molar-refractivity contribution in [3.05, 3.63) is 0 Å². The maximum atomic E-state index is 11.9. The van der Waals surface area contributed by atoms with Gasteiger partial charge in [-0.1, -0.05) is 0 Å². The fraction of sp³-hybridized carbons (Fsp3) is 0.895. The van der Waals surface area contributed by atoms with E-state index in [2.05, 4.69) is 43.0 Å². The molecular weight excluding hydrogens is 348 g/mol. The lowest BCUT2D eigenvalue weighted by atomic mass is 9.91. The summed E-state index contributed by atoms with van der Waals surface area (Å²) < 4.78 is 5.48. The van der Waals surface area contributed by atoms with Crippen LogP contribution in [0.4, 0.5) is 4.79 Å². The highest BCUT2D eigenvalue weighted by Gasteiger charge is 2.25. The SMILES string of the molecule is CCNC(=NCC(C)(C)SC)NC1CCC(NC(=O)OC(C)(C)C)CC1. The lowest BCUT2D eigenvalue weighted by Crippen LogP contribution is -2.48. The van der Waals surface area contributed by atoms with Crippen LogP contribution in [0.2, 0.25) is 0 Å². The molecule has 6 nitrogen and oxygen atoms in total. The standard InChI is InChI=1S/C19H38N4O2S/c1-8-20-16(21-13-19(5,6)26-7)22-14-9-11-15(12-10-14)23-17(24)25-18(2,3)4/h14-15H,8-13H2,1-7H3,(H,23,24)(H2,20,21,22). The summed E-state index contributed by atoms with van der Waals surface area (Å²) in [5, 5.41) is 9.88. The van der Waals surface area contributed by atoms with E-state index in [0.29, 0.717) is 6.04 Å². The van der Waals surface area contributed by atoms with Crippen molar-refractivity contribution in [3.8, 4) is 0 Å². The van der Waals surface area contributed by atoms with Gasteiger partial charge in [0, 0.05) is 23.4 Å². The van der Waals surface area contributed by atoms with Gasteiger partial charge in [0.1, 0.15) is 5.60 Å². The quantitative estimate of drug-likeness (QED) is 0.481. The Bertz CT molecular complexity index is 467. The van der Waals surface area contributed by atoms with Gasteiger partial charge >= 0.3 is 6.09 Å².